The molecule has 5 nitrogen and oxygen atoms in total. The minimum Gasteiger partial charge on any atom is -0.385 e. The lowest BCUT2D eigenvalue weighted by atomic mass is 10.1. The van der Waals surface area contributed by atoms with E-state index in [1.807, 2.05) is 0 Å². The Morgan fingerprint density at radius 3 is 2.48 bits per heavy atom. The Morgan fingerprint density at radius 1 is 1.10 bits per heavy atom. The first-order valence-corrected chi connectivity index (χ1v) is 8.42. The van der Waals surface area contributed by atoms with Gasteiger partial charge in [-0.25, -0.2) is 0 Å². The maximum atomic E-state index is 12.5. The van der Waals surface area contributed by atoms with Crippen LogP contribution in [0.25, 0.3) is 0 Å². The van der Waals surface area contributed by atoms with Crippen LogP contribution in [0.2, 0.25) is 0 Å². The lowest BCUT2D eigenvalue weighted by Crippen LogP contribution is -2.53. The Balaban J connectivity index is 1.62. The summed E-state index contributed by atoms with van der Waals surface area (Å²) in [6.45, 7) is 6.98. The third-order valence-corrected chi connectivity index (χ3v) is 4.81. The number of methoxy groups -OCH3 is 1. The molecule has 1 amide bonds. The molecule has 2 aliphatic heterocycles. The summed E-state index contributed by atoms with van der Waals surface area (Å²) in [7, 11) is 3.84. The number of unbranched alkanes of at least 4 members (excludes halogenated alkanes) is 2. The second-order valence-electron chi connectivity index (χ2n) is 6.36. The van der Waals surface area contributed by atoms with E-state index in [1.165, 1.54) is 12.8 Å². The highest BCUT2D eigenvalue weighted by molar-refractivity contribution is 5.82. The maximum Gasteiger partial charge on any atom is 0.240 e. The van der Waals surface area contributed by atoms with Gasteiger partial charge in [-0.05, 0) is 52.2 Å². The molecule has 122 valence electrons. The van der Waals surface area contributed by atoms with E-state index in [9.17, 15) is 4.79 Å². The van der Waals surface area contributed by atoms with Crippen LogP contribution in [-0.2, 0) is 9.53 Å². The maximum absolute atomic E-state index is 12.5. The van der Waals surface area contributed by atoms with Crippen LogP contribution < -0.4 is 0 Å². The number of amides is 1. The van der Waals surface area contributed by atoms with Gasteiger partial charge in [0.25, 0.3) is 0 Å². The van der Waals surface area contributed by atoms with Crippen molar-refractivity contribution in [2.24, 2.45) is 0 Å². The van der Waals surface area contributed by atoms with E-state index in [2.05, 4.69) is 21.7 Å². The van der Waals surface area contributed by atoms with Crippen LogP contribution in [-0.4, -0.2) is 86.7 Å². The van der Waals surface area contributed by atoms with Crippen molar-refractivity contribution in [2.45, 2.75) is 38.1 Å². The van der Waals surface area contributed by atoms with E-state index in [1.54, 1.807) is 7.11 Å². The number of hydrogen-bond acceptors (Lipinski definition) is 4. The summed E-state index contributed by atoms with van der Waals surface area (Å²) >= 11 is 0. The van der Waals surface area contributed by atoms with Gasteiger partial charge in [0.15, 0.2) is 0 Å². The molecular formula is C16H31N3O2. The Bertz CT molecular complexity index is 317. The van der Waals surface area contributed by atoms with Gasteiger partial charge in [-0.15, -0.1) is 0 Å². The van der Waals surface area contributed by atoms with E-state index in [0.29, 0.717) is 5.91 Å². The zero-order valence-corrected chi connectivity index (χ0v) is 13.7. The molecule has 2 rings (SSSR count). The third-order valence-electron chi connectivity index (χ3n) is 4.81. The van der Waals surface area contributed by atoms with Gasteiger partial charge in [0.2, 0.25) is 5.91 Å². The molecule has 2 heterocycles. The Hall–Kier alpha value is -0.650. The molecule has 0 aromatic rings. The van der Waals surface area contributed by atoms with Gasteiger partial charge in [0.05, 0.1) is 6.04 Å². The number of nitrogens with zero attached hydrogens (tertiary/aromatic N) is 3. The van der Waals surface area contributed by atoms with Crippen LogP contribution in [0.15, 0.2) is 0 Å². The second kappa shape index (κ2) is 8.71. The smallest absolute Gasteiger partial charge is 0.240 e. The van der Waals surface area contributed by atoms with E-state index in [0.717, 1.165) is 65.1 Å². The van der Waals surface area contributed by atoms with E-state index in [4.69, 9.17) is 4.74 Å². The van der Waals surface area contributed by atoms with Crippen LogP contribution in [0.4, 0.5) is 0 Å². The highest BCUT2D eigenvalue weighted by atomic mass is 16.5. The zero-order valence-electron chi connectivity index (χ0n) is 13.7. The fourth-order valence-corrected chi connectivity index (χ4v) is 3.38. The van der Waals surface area contributed by atoms with Crippen LogP contribution in [0, 0.1) is 0 Å². The topological polar surface area (TPSA) is 36.0 Å². The van der Waals surface area contributed by atoms with Gasteiger partial charge in [-0.1, -0.05) is 0 Å². The van der Waals surface area contributed by atoms with Crippen LogP contribution >= 0.6 is 0 Å². The molecule has 1 unspecified atom stereocenters. The van der Waals surface area contributed by atoms with Gasteiger partial charge in [0, 0.05) is 39.9 Å². The minimum atomic E-state index is 0.144. The molecule has 0 spiro atoms. The summed E-state index contributed by atoms with van der Waals surface area (Å²) in [5, 5.41) is 0. The molecule has 1 atom stereocenters. The predicted octanol–water partition coefficient (Wildman–Crippen LogP) is 1.04. The molecule has 0 aliphatic carbocycles. The number of likely N-dealkylation sites (tertiary alicyclic amines) is 1. The van der Waals surface area contributed by atoms with Crippen molar-refractivity contribution in [3.63, 3.8) is 0 Å². The Labute approximate surface area is 129 Å². The van der Waals surface area contributed by atoms with Gasteiger partial charge >= 0.3 is 0 Å². The summed E-state index contributed by atoms with van der Waals surface area (Å²) < 4.78 is 5.07. The van der Waals surface area contributed by atoms with Crippen molar-refractivity contribution in [1.82, 2.24) is 14.7 Å². The van der Waals surface area contributed by atoms with Crippen molar-refractivity contribution in [3.8, 4) is 0 Å². The van der Waals surface area contributed by atoms with Gasteiger partial charge in [0.1, 0.15) is 0 Å². The van der Waals surface area contributed by atoms with Crippen LogP contribution in [0.3, 0.4) is 0 Å². The average Bonchev–Trinajstić information content (AvgIpc) is 2.93. The highest BCUT2D eigenvalue weighted by Crippen LogP contribution is 2.18. The molecule has 2 aliphatic rings. The SMILES string of the molecule is COCCCCCN1CCN(C(=O)C2CCCN2C)CC1. The molecule has 0 radical (unpaired) electrons. The number of rotatable bonds is 7. The number of carbonyl (C=O) groups excluding carboxylic acids is 1. The van der Waals surface area contributed by atoms with Crippen molar-refractivity contribution >= 4 is 5.91 Å². The van der Waals surface area contributed by atoms with Crippen molar-refractivity contribution in [3.05, 3.63) is 0 Å². The first kappa shape index (κ1) is 16.7. The molecule has 0 bridgehead atoms. The normalized spacial score (nSPS) is 24.7. The second-order valence-corrected chi connectivity index (χ2v) is 6.36. The van der Waals surface area contributed by atoms with Crippen LogP contribution in [0.1, 0.15) is 32.1 Å². The first-order valence-electron chi connectivity index (χ1n) is 8.42. The quantitative estimate of drug-likeness (QED) is 0.658. The van der Waals surface area contributed by atoms with E-state index >= 15 is 0 Å². The van der Waals surface area contributed by atoms with Gasteiger partial charge in [-0.3, -0.25) is 14.6 Å². The fraction of sp³-hybridized carbons (Fsp3) is 0.938. The molecule has 2 fully saturated rings. The summed E-state index contributed by atoms with van der Waals surface area (Å²) in [5.41, 5.74) is 0. The highest BCUT2D eigenvalue weighted by Gasteiger charge is 2.32. The number of ether oxygens (including phenoxy) is 1. The number of carbonyl (C=O) groups is 1. The summed E-state index contributed by atoms with van der Waals surface area (Å²) in [4.78, 5) is 19.3. The van der Waals surface area contributed by atoms with E-state index < -0.39 is 0 Å². The van der Waals surface area contributed by atoms with Crippen LogP contribution in [0.5, 0.6) is 0 Å². The first-order chi connectivity index (χ1) is 10.2. The number of hydrogen-bond donors (Lipinski definition) is 0. The average molecular weight is 297 g/mol. The summed E-state index contributed by atoms with van der Waals surface area (Å²) in [5.74, 6) is 0.356. The lowest BCUT2D eigenvalue weighted by Gasteiger charge is -2.36. The molecule has 5 heteroatoms. The molecule has 0 aromatic heterocycles. The van der Waals surface area contributed by atoms with Gasteiger partial charge in [-0.2, -0.15) is 0 Å². The standard InChI is InChI=1S/C16H31N3O2/c1-17-8-6-7-15(17)16(20)19-12-10-18(11-13-19)9-4-3-5-14-21-2/h15H,3-14H2,1-2H3. The molecule has 0 N–H and O–H groups in total. The third kappa shape index (κ3) is 4.94. The molecule has 21 heavy (non-hydrogen) atoms. The van der Waals surface area contributed by atoms with Crippen molar-refractivity contribution in [1.29, 1.82) is 0 Å². The van der Waals surface area contributed by atoms with Gasteiger partial charge < -0.3 is 9.64 Å². The number of piperazine rings is 1. The monoisotopic (exact) mass is 297 g/mol. The molecular weight excluding hydrogens is 266 g/mol. The Kier molecular flexibility index (Phi) is 6.93. The largest absolute Gasteiger partial charge is 0.385 e. The Morgan fingerprint density at radius 2 is 1.86 bits per heavy atom. The zero-order chi connectivity index (χ0) is 15.1. The van der Waals surface area contributed by atoms with E-state index in [-0.39, 0.29) is 6.04 Å². The molecule has 0 aromatic carbocycles. The summed E-state index contributed by atoms with van der Waals surface area (Å²) in [6.07, 6.45) is 5.83. The molecule has 2 saturated heterocycles. The summed E-state index contributed by atoms with van der Waals surface area (Å²) in [6, 6.07) is 0.144. The number of likely N-dealkylation sites (N-methyl/N-ethyl adjacent to an activating group) is 1. The lowest BCUT2D eigenvalue weighted by molar-refractivity contribution is -0.137. The predicted molar refractivity (Wildman–Crippen MR) is 84.4 cm³/mol. The minimum absolute atomic E-state index is 0.144. The molecule has 0 saturated carbocycles. The fourth-order valence-electron chi connectivity index (χ4n) is 3.38. The van der Waals surface area contributed by atoms with Crippen molar-refractivity contribution in [2.75, 3.05) is 60.0 Å². The van der Waals surface area contributed by atoms with Crippen molar-refractivity contribution < 1.29 is 9.53 Å².